The average Bonchev–Trinajstić information content (AvgIpc) is 2.92. The van der Waals surface area contributed by atoms with Crippen LogP contribution < -0.4 is 9.64 Å². The highest BCUT2D eigenvalue weighted by atomic mass is 35.5. The fourth-order valence-electron chi connectivity index (χ4n) is 3.60. The van der Waals surface area contributed by atoms with Gasteiger partial charge in [0.05, 0.1) is 10.7 Å². The molecular weight excluding hydrogens is 385 g/mol. The third-order valence-corrected chi connectivity index (χ3v) is 5.39. The number of benzene rings is 1. The molecule has 28 heavy (non-hydrogen) atoms. The molecule has 3 rings (SSSR count). The zero-order valence-corrected chi connectivity index (χ0v) is 16.6. The molecule has 1 heterocycles. The molecular formula is C21H23ClFNO4. The second-order valence-corrected chi connectivity index (χ2v) is 7.54. The lowest BCUT2D eigenvalue weighted by Gasteiger charge is -2.17. The summed E-state index contributed by atoms with van der Waals surface area (Å²) < 4.78 is 19.8. The smallest absolute Gasteiger partial charge is 0.311 e. The summed E-state index contributed by atoms with van der Waals surface area (Å²) in [5.41, 5.74) is 0.683. The summed E-state index contributed by atoms with van der Waals surface area (Å²) in [7, 11) is 0. The Kier molecular flexibility index (Phi) is 6.50. The van der Waals surface area contributed by atoms with E-state index in [1.807, 2.05) is 0 Å². The van der Waals surface area contributed by atoms with E-state index in [2.05, 4.69) is 6.92 Å². The third kappa shape index (κ3) is 4.12. The topological polar surface area (TPSA) is 63.7 Å². The normalized spacial score (nSPS) is 16.6. The summed E-state index contributed by atoms with van der Waals surface area (Å²) in [4.78, 5) is 38.2. The first-order valence-corrected chi connectivity index (χ1v) is 10.1. The highest BCUT2D eigenvalue weighted by molar-refractivity contribution is 6.34. The van der Waals surface area contributed by atoms with Gasteiger partial charge >= 0.3 is 5.97 Å². The quantitative estimate of drug-likeness (QED) is 0.273. The van der Waals surface area contributed by atoms with Gasteiger partial charge < -0.3 is 4.74 Å². The number of hydrogen-bond acceptors (Lipinski definition) is 4. The molecule has 0 saturated heterocycles. The number of carbonyl (C=O) groups is 3. The Balaban J connectivity index is 1.80. The van der Waals surface area contributed by atoms with E-state index in [1.165, 1.54) is 0 Å². The van der Waals surface area contributed by atoms with Crippen molar-refractivity contribution in [1.29, 1.82) is 0 Å². The fourth-order valence-corrected chi connectivity index (χ4v) is 3.78. The van der Waals surface area contributed by atoms with Gasteiger partial charge in [0.1, 0.15) is 5.82 Å². The van der Waals surface area contributed by atoms with E-state index >= 15 is 0 Å². The standard InChI is InChI=1S/C21H23ClFNO4/c1-2-3-4-5-10-19(25)28-18-12-17(16(23)11-15(18)22)24-20(26)13-8-6-7-9-14(13)21(24)27/h11-12H,2-10H2,1H3. The van der Waals surface area contributed by atoms with Gasteiger partial charge in [0, 0.05) is 23.6 Å². The summed E-state index contributed by atoms with van der Waals surface area (Å²) >= 11 is 6.01. The molecule has 0 aromatic heterocycles. The molecule has 1 aliphatic heterocycles. The van der Waals surface area contributed by atoms with Crippen LogP contribution in [0.1, 0.15) is 64.7 Å². The lowest BCUT2D eigenvalue weighted by atomic mass is 9.93. The molecule has 2 aliphatic rings. The molecule has 0 saturated carbocycles. The molecule has 0 N–H and O–H groups in total. The maximum absolute atomic E-state index is 14.5. The molecule has 7 heteroatoms. The van der Waals surface area contributed by atoms with E-state index in [9.17, 15) is 18.8 Å². The molecule has 5 nitrogen and oxygen atoms in total. The minimum Gasteiger partial charge on any atom is -0.425 e. The minimum atomic E-state index is -0.811. The van der Waals surface area contributed by atoms with Gasteiger partial charge in [0.2, 0.25) is 0 Å². The molecule has 0 fully saturated rings. The van der Waals surface area contributed by atoms with Gasteiger partial charge in [-0.25, -0.2) is 9.29 Å². The SMILES string of the molecule is CCCCCCC(=O)Oc1cc(N2C(=O)C3=C(CCCC3)C2=O)c(F)cc1Cl. The van der Waals surface area contributed by atoms with Crippen molar-refractivity contribution in [3.8, 4) is 5.75 Å². The molecule has 150 valence electrons. The number of imide groups is 1. The van der Waals surface area contributed by atoms with Crippen molar-refractivity contribution in [2.75, 3.05) is 4.90 Å². The molecule has 1 aromatic rings. The number of nitrogens with zero attached hydrogens (tertiary/aromatic N) is 1. The number of esters is 1. The predicted molar refractivity (Wildman–Crippen MR) is 104 cm³/mol. The van der Waals surface area contributed by atoms with E-state index in [1.54, 1.807) is 0 Å². The maximum Gasteiger partial charge on any atom is 0.311 e. The number of amides is 2. The maximum atomic E-state index is 14.5. The van der Waals surface area contributed by atoms with Crippen LogP contribution >= 0.6 is 11.6 Å². The van der Waals surface area contributed by atoms with Crippen LogP contribution in [0.25, 0.3) is 0 Å². The molecule has 0 bridgehead atoms. The minimum absolute atomic E-state index is 0.0518. The monoisotopic (exact) mass is 407 g/mol. The largest absolute Gasteiger partial charge is 0.425 e. The number of anilines is 1. The Hall–Kier alpha value is -2.21. The number of unbranched alkanes of at least 4 members (excludes halogenated alkanes) is 3. The second-order valence-electron chi connectivity index (χ2n) is 7.13. The Morgan fingerprint density at radius 3 is 2.36 bits per heavy atom. The Morgan fingerprint density at radius 1 is 1.11 bits per heavy atom. The molecule has 0 unspecified atom stereocenters. The molecule has 2 amide bonds. The Bertz CT molecular complexity index is 821. The first kappa shape index (κ1) is 20.5. The number of hydrogen-bond donors (Lipinski definition) is 0. The number of rotatable bonds is 7. The number of halogens is 2. The van der Waals surface area contributed by atoms with Gasteiger partial charge in [-0.2, -0.15) is 0 Å². The van der Waals surface area contributed by atoms with Crippen molar-refractivity contribution in [2.24, 2.45) is 0 Å². The zero-order valence-electron chi connectivity index (χ0n) is 15.9. The summed E-state index contributed by atoms with van der Waals surface area (Å²) in [5.74, 6) is -2.35. The highest BCUT2D eigenvalue weighted by Crippen LogP contribution is 2.39. The number of ether oxygens (including phenoxy) is 1. The molecule has 1 aromatic carbocycles. The second kappa shape index (κ2) is 8.86. The molecule has 0 atom stereocenters. The summed E-state index contributed by atoms with van der Waals surface area (Å²) in [6.07, 6.45) is 6.62. The fraction of sp³-hybridized carbons (Fsp3) is 0.476. The Morgan fingerprint density at radius 2 is 1.75 bits per heavy atom. The van der Waals surface area contributed by atoms with Crippen molar-refractivity contribution in [1.82, 2.24) is 0 Å². The van der Waals surface area contributed by atoms with Gasteiger partial charge in [-0.3, -0.25) is 14.4 Å². The van der Waals surface area contributed by atoms with Gasteiger partial charge in [-0.1, -0.05) is 37.8 Å². The van der Waals surface area contributed by atoms with Crippen LogP contribution in [0, 0.1) is 5.82 Å². The van der Waals surface area contributed by atoms with Crippen molar-refractivity contribution >= 4 is 35.1 Å². The van der Waals surface area contributed by atoms with E-state index in [-0.39, 0.29) is 22.9 Å². The first-order chi connectivity index (χ1) is 13.4. The van der Waals surface area contributed by atoms with Crippen LogP contribution in [0.4, 0.5) is 10.1 Å². The summed E-state index contributed by atoms with van der Waals surface area (Å²) in [6.45, 7) is 2.08. The van der Waals surface area contributed by atoms with Crippen LogP contribution in [0.5, 0.6) is 5.75 Å². The highest BCUT2D eigenvalue weighted by Gasteiger charge is 2.41. The van der Waals surface area contributed by atoms with E-state index < -0.39 is 23.6 Å². The van der Waals surface area contributed by atoms with Crippen molar-refractivity contribution in [2.45, 2.75) is 64.7 Å². The predicted octanol–water partition coefficient (Wildman–Crippen LogP) is 5.10. The molecule has 1 aliphatic carbocycles. The molecule has 0 radical (unpaired) electrons. The summed E-state index contributed by atoms with van der Waals surface area (Å²) in [5, 5.41) is -0.0834. The van der Waals surface area contributed by atoms with Crippen molar-refractivity contribution < 1.29 is 23.5 Å². The number of carbonyl (C=O) groups excluding carboxylic acids is 3. The van der Waals surface area contributed by atoms with E-state index in [0.717, 1.165) is 49.1 Å². The van der Waals surface area contributed by atoms with Gasteiger partial charge in [0.25, 0.3) is 11.8 Å². The lowest BCUT2D eigenvalue weighted by Crippen LogP contribution is -2.32. The average molecular weight is 408 g/mol. The van der Waals surface area contributed by atoms with Crippen molar-refractivity contribution in [3.05, 3.63) is 34.1 Å². The third-order valence-electron chi connectivity index (χ3n) is 5.09. The van der Waals surface area contributed by atoms with Crippen LogP contribution in [-0.2, 0) is 14.4 Å². The lowest BCUT2D eigenvalue weighted by molar-refractivity contribution is -0.134. The van der Waals surface area contributed by atoms with Crippen LogP contribution in [0.3, 0.4) is 0 Å². The zero-order chi connectivity index (χ0) is 20.3. The van der Waals surface area contributed by atoms with Crippen LogP contribution in [0.2, 0.25) is 5.02 Å². The van der Waals surface area contributed by atoms with Crippen LogP contribution in [0.15, 0.2) is 23.3 Å². The van der Waals surface area contributed by atoms with E-state index in [4.69, 9.17) is 16.3 Å². The first-order valence-electron chi connectivity index (χ1n) is 9.74. The molecule has 0 spiro atoms. The van der Waals surface area contributed by atoms with Gasteiger partial charge in [-0.15, -0.1) is 0 Å². The van der Waals surface area contributed by atoms with E-state index in [0.29, 0.717) is 30.4 Å². The Labute approximate surface area is 168 Å². The van der Waals surface area contributed by atoms with Crippen LogP contribution in [-0.4, -0.2) is 17.8 Å². The van der Waals surface area contributed by atoms with Gasteiger partial charge in [-0.05, 0) is 38.2 Å². The van der Waals surface area contributed by atoms with Gasteiger partial charge in [0.15, 0.2) is 5.75 Å². The van der Waals surface area contributed by atoms with Crippen molar-refractivity contribution in [3.63, 3.8) is 0 Å². The summed E-state index contributed by atoms with van der Waals surface area (Å²) in [6, 6.07) is 2.13.